The summed E-state index contributed by atoms with van der Waals surface area (Å²) in [6.45, 7) is -0.0458. The molecule has 1 N–H and O–H groups in total. The van der Waals surface area contributed by atoms with Crippen LogP contribution in [0.5, 0.6) is 0 Å². The molecule has 0 fully saturated rings. The number of carbonyl (C=O) groups is 1. The van der Waals surface area contributed by atoms with Gasteiger partial charge >= 0.3 is 5.97 Å². The summed E-state index contributed by atoms with van der Waals surface area (Å²) < 4.78 is 6.54. The standard InChI is InChI=1S/C12H13NO3/c1-13-6-10(12(15)16-2)9-5-3-4-8(7-14)11(9)13/h3-6,14H,7H2,1-2H3. The van der Waals surface area contributed by atoms with E-state index in [1.54, 1.807) is 6.20 Å². The molecule has 84 valence electrons. The zero-order valence-corrected chi connectivity index (χ0v) is 9.23. The van der Waals surface area contributed by atoms with Gasteiger partial charge in [-0.1, -0.05) is 18.2 Å². The number of aromatic nitrogens is 1. The van der Waals surface area contributed by atoms with E-state index in [-0.39, 0.29) is 12.6 Å². The van der Waals surface area contributed by atoms with E-state index < -0.39 is 0 Å². The van der Waals surface area contributed by atoms with Crippen LogP contribution >= 0.6 is 0 Å². The third-order valence-electron chi connectivity index (χ3n) is 2.66. The maximum atomic E-state index is 11.5. The fraction of sp³-hybridized carbons (Fsp3) is 0.250. The molecule has 4 heteroatoms. The van der Waals surface area contributed by atoms with Gasteiger partial charge in [-0.05, 0) is 0 Å². The van der Waals surface area contributed by atoms with E-state index in [0.29, 0.717) is 5.56 Å². The minimum Gasteiger partial charge on any atom is -0.465 e. The van der Waals surface area contributed by atoms with Crippen LogP contribution in [0.2, 0.25) is 0 Å². The van der Waals surface area contributed by atoms with Crippen molar-refractivity contribution in [3.8, 4) is 0 Å². The molecule has 0 saturated heterocycles. The van der Waals surface area contributed by atoms with Gasteiger partial charge in [-0.15, -0.1) is 0 Å². The second kappa shape index (κ2) is 3.98. The molecule has 1 aromatic heterocycles. The van der Waals surface area contributed by atoms with Gasteiger partial charge < -0.3 is 14.4 Å². The zero-order valence-electron chi connectivity index (χ0n) is 9.23. The molecular formula is C12H13NO3. The van der Waals surface area contributed by atoms with Crippen molar-refractivity contribution in [2.24, 2.45) is 7.05 Å². The van der Waals surface area contributed by atoms with Crippen molar-refractivity contribution in [1.29, 1.82) is 0 Å². The fourth-order valence-corrected chi connectivity index (χ4v) is 1.95. The van der Waals surface area contributed by atoms with E-state index in [4.69, 9.17) is 4.74 Å². The molecule has 0 aliphatic carbocycles. The van der Waals surface area contributed by atoms with Gasteiger partial charge in [-0.3, -0.25) is 0 Å². The molecule has 4 nitrogen and oxygen atoms in total. The first-order valence-electron chi connectivity index (χ1n) is 4.95. The molecule has 0 aliphatic rings. The summed E-state index contributed by atoms with van der Waals surface area (Å²) in [5, 5.41) is 10.0. The summed E-state index contributed by atoms with van der Waals surface area (Å²) in [7, 11) is 3.20. The van der Waals surface area contributed by atoms with Crippen molar-refractivity contribution in [2.45, 2.75) is 6.61 Å². The molecule has 0 radical (unpaired) electrons. The lowest BCUT2D eigenvalue weighted by Gasteiger charge is -2.02. The third kappa shape index (κ3) is 1.47. The normalized spacial score (nSPS) is 10.7. The minimum absolute atomic E-state index is 0.0458. The van der Waals surface area contributed by atoms with Crippen LogP contribution < -0.4 is 0 Å². The van der Waals surface area contributed by atoms with Gasteiger partial charge in [0, 0.05) is 24.2 Å². The van der Waals surface area contributed by atoms with Crippen LogP contribution in [0.1, 0.15) is 15.9 Å². The lowest BCUT2D eigenvalue weighted by Crippen LogP contribution is -1.99. The maximum Gasteiger partial charge on any atom is 0.340 e. The molecule has 0 amide bonds. The average Bonchev–Trinajstić information content (AvgIpc) is 2.66. The Morgan fingerprint density at radius 3 is 2.88 bits per heavy atom. The first-order valence-corrected chi connectivity index (χ1v) is 4.95. The molecule has 2 rings (SSSR count). The molecule has 0 atom stereocenters. The monoisotopic (exact) mass is 219 g/mol. The molecular weight excluding hydrogens is 206 g/mol. The van der Waals surface area contributed by atoms with E-state index >= 15 is 0 Å². The van der Waals surface area contributed by atoms with Crippen molar-refractivity contribution < 1.29 is 14.6 Å². The van der Waals surface area contributed by atoms with Crippen LogP contribution in [0.15, 0.2) is 24.4 Å². The number of esters is 1. The van der Waals surface area contributed by atoms with Crippen molar-refractivity contribution >= 4 is 16.9 Å². The number of para-hydroxylation sites is 1. The second-order valence-corrected chi connectivity index (χ2v) is 3.62. The molecule has 0 aliphatic heterocycles. The van der Waals surface area contributed by atoms with Crippen LogP contribution in [0.4, 0.5) is 0 Å². The Balaban J connectivity index is 2.76. The van der Waals surface area contributed by atoms with Gasteiger partial charge in [0.15, 0.2) is 0 Å². The lowest BCUT2D eigenvalue weighted by molar-refractivity contribution is 0.0603. The van der Waals surface area contributed by atoms with E-state index in [1.807, 2.05) is 29.8 Å². The summed E-state index contributed by atoms with van der Waals surface area (Å²) >= 11 is 0. The average molecular weight is 219 g/mol. The first kappa shape index (κ1) is 10.7. The number of aliphatic hydroxyl groups is 1. The third-order valence-corrected chi connectivity index (χ3v) is 2.66. The number of fused-ring (bicyclic) bond motifs is 1. The molecule has 0 saturated carbocycles. The molecule has 1 aromatic carbocycles. The van der Waals surface area contributed by atoms with Gasteiger partial charge in [0.1, 0.15) is 0 Å². The van der Waals surface area contributed by atoms with Gasteiger partial charge in [0.05, 0.1) is 24.8 Å². The highest BCUT2D eigenvalue weighted by atomic mass is 16.5. The Bertz CT molecular complexity index is 542. The second-order valence-electron chi connectivity index (χ2n) is 3.62. The number of hydrogen-bond donors (Lipinski definition) is 1. The highest BCUT2D eigenvalue weighted by molar-refractivity contribution is 6.05. The Labute approximate surface area is 93.1 Å². The predicted octanol–water partition coefficient (Wildman–Crippen LogP) is 1.46. The smallest absolute Gasteiger partial charge is 0.340 e. The fourth-order valence-electron chi connectivity index (χ4n) is 1.95. The number of rotatable bonds is 2. The van der Waals surface area contributed by atoms with Gasteiger partial charge in [0.2, 0.25) is 0 Å². The Morgan fingerprint density at radius 2 is 2.25 bits per heavy atom. The SMILES string of the molecule is COC(=O)c1cn(C)c2c(CO)cccc12. The first-order chi connectivity index (χ1) is 7.69. The van der Waals surface area contributed by atoms with Gasteiger partial charge in [-0.25, -0.2) is 4.79 Å². The van der Waals surface area contributed by atoms with Gasteiger partial charge in [0.25, 0.3) is 0 Å². The van der Waals surface area contributed by atoms with Crippen molar-refractivity contribution in [1.82, 2.24) is 4.57 Å². The summed E-state index contributed by atoms with van der Waals surface area (Å²) in [5.41, 5.74) is 2.19. The Hall–Kier alpha value is -1.81. The van der Waals surface area contributed by atoms with Crippen LogP contribution in [0.3, 0.4) is 0 Å². The Morgan fingerprint density at radius 1 is 1.50 bits per heavy atom. The Kier molecular flexibility index (Phi) is 2.66. The van der Waals surface area contributed by atoms with E-state index in [1.165, 1.54) is 7.11 Å². The molecule has 2 aromatic rings. The lowest BCUT2D eigenvalue weighted by atomic mass is 10.1. The molecule has 0 bridgehead atoms. The van der Waals surface area contributed by atoms with E-state index in [2.05, 4.69) is 0 Å². The van der Waals surface area contributed by atoms with Crippen molar-refractivity contribution in [2.75, 3.05) is 7.11 Å². The number of hydrogen-bond acceptors (Lipinski definition) is 3. The van der Waals surface area contributed by atoms with Crippen LogP contribution in [0, 0.1) is 0 Å². The minimum atomic E-state index is -0.360. The van der Waals surface area contributed by atoms with Crippen LogP contribution in [-0.4, -0.2) is 22.8 Å². The molecule has 16 heavy (non-hydrogen) atoms. The summed E-state index contributed by atoms with van der Waals surface area (Å²) in [5.74, 6) is -0.360. The topological polar surface area (TPSA) is 51.5 Å². The molecule has 1 heterocycles. The summed E-state index contributed by atoms with van der Waals surface area (Å²) in [6.07, 6.45) is 1.72. The van der Waals surface area contributed by atoms with Crippen LogP contribution in [0.25, 0.3) is 10.9 Å². The summed E-state index contributed by atoms with van der Waals surface area (Å²) in [6, 6.07) is 5.50. The number of methoxy groups -OCH3 is 1. The number of carbonyl (C=O) groups excluding carboxylic acids is 1. The quantitative estimate of drug-likeness (QED) is 0.778. The van der Waals surface area contributed by atoms with E-state index in [0.717, 1.165) is 16.5 Å². The molecule has 0 unspecified atom stereocenters. The number of ether oxygens (including phenoxy) is 1. The van der Waals surface area contributed by atoms with Crippen molar-refractivity contribution in [3.05, 3.63) is 35.5 Å². The summed E-state index contributed by atoms with van der Waals surface area (Å²) in [4.78, 5) is 11.5. The largest absolute Gasteiger partial charge is 0.465 e. The highest BCUT2D eigenvalue weighted by Crippen LogP contribution is 2.24. The number of nitrogens with zero attached hydrogens (tertiary/aromatic N) is 1. The molecule has 0 spiro atoms. The highest BCUT2D eigenvalue weighted by Gasteiger charge is 2.15. The van der Waals surface area contributed by atoms with Gasteiger partial charge in [-0.2, -0.15) is 0 Å². The van der Waals surface area contributed by atoms with E-state index in [9.17, 15) is 9.90 Å². The van der Waals surface area contributed by atoms with Crippen molar-refractivity contribution in [3.63, 3.8) is 0 Å². The number of benzene rings is 1. The zero-order chi connectivity index (χ0) is 11.7. The van der Waals surface area contributed by atoms with Crippen LogP contribution in [-0.2, 0) is 18.4 Å². The number of aryl methyl sites for hydroxylation is 1. The number of aliphatic hydroxyl groups excluding tert-OH is 1. The predicted molar refractivity (Wildman–Crippen MR) is 60.2 cm³/mol. The maximum absolute atomic E-state index is 11.5.